The van der Waals surface area contributed by atoms with Gasteiger partial charge in [0.25, 0.3) is 0 Å². The summed E-state index contributed by atoms with van der Waals surface area (Å²) in [4.78, 5) is 0. The van der Waals surface area contributed by atoms with Gasteiger partial charge >= 0.3 is 0 Å². The number of hydrazine groups is 1. The monoisotopic (exact) mass is 124 g/mol. The fourth-order valence-electron chi connectivity index (χ4n) is 1.29. The van der Waals surface area contributed by atoms with Crippen LogP contribution in [0.4, 0.5) is 0 Å². The fourth-order valence-corrected chi connectivity index (χ4v) is 1.29. The van der Waals surface area contributed by atoms with Crippen LogP contribution in [-0.2, 0) is 0 Å². The van der Waals surface area contributed by atoms with Crippen molar-refractivity contribution in [1.82, 2.24) is 10.4 Å². The van der Waals surface area contributed by atoms with Crippen molar-refractivity contribution in [2.75, 3.05) is 6.54 Å². The first kappa shape index (κ1) is 5.30. The van der Waals surface area contributed by atoms with Crippen molar-refractivity contribution >= 4 is 0 Å². The first-order valence-electron chi connectivity index (χ1n) is 3.65. The van der Waals surface area contributed by atoms with Gasteiger partial charge in [0.05, 0.1) is 0 Å². The molecule has 1 N–H and O–H groups in total. The van der Waals surface area contributed by atoms with Crippen molar-refractivity contribution < 1.29 is 0 Å². The lowest BCUT2D eigenvalue weighted by atomic mass is 9.93. The van der Waals surface area contributed by atoms with E-state index in [9.17, 15) is 0 Å². The van der Waals surface area contributed by atoms with Crippen LogP contribution in [0.1, 0.15) is 19.3 Å². The third-order valence-corrected chi connectivity index (χ3v) is 2.13. The lowest BCUT2D eigenvalue weighted by Gasteiger charge is -2.34. The summed E-state index contributed by atoms with van der Waals surface area (Å²) in [6.45, 7) is 1.02. The Morgan fingerprint density at radius 3 is 2.78 bits per heavy atom. The van der Waals surface area contributed by atoms with E-state index in [1.807, 2.05) is 0 Å². The minimum atomic E-state index is 0.809. The van der Waals surface area contributed by atoms with E-state index in [4.69, 9.17) is 0 Å². The molecule has 1 fully saturated rings. The molecule has 0 saturated heterocycles. The molecule has 2 aliphatic rings. The molecule has 1 heterocycles. The number of hydrogen-bond donors (Lipinski definition) is 1. The van der Waals surface area contributed by atoms with Gasteiger partial charge < -0.3 is 5.01 Å². The summed E-state index contributed by atoms with van der Waals surface area (Å²) in [5.74, 6) is 0. The van der Waals surface area contributed by atoms with Crippen LogP contribution in [0.3, 0.4) is 0 Å². The minimum Gasteiger partial charge on any atom is -0.313 e. The van der Waals surface area contributed by atoms with Crippen molar-refractivity contribution in [3.63, 3.8) is 0 Å². The van der Waals surface area contributed by atoms with Crippen LogP contribution in [0.5, 0.6) is 0 Å². The van der Waals surface area contributed by atoms with Crippen LogP contribution < -0.4 is 5.43 Å². The first-order valence-corrected chi connectivity index (χ1v) is 3.65. The van der Waals surface area contributed by atoms with Crippen molar-refractivity contribution in [3.05, 3.63) is 12.3 Å². The highest BCUT2D eigenvalue weighted by molar-refractivity contribution is 4.94. The Balaban J connectivity index is 1.89. The molecule has 2 rings (SSSR count). The molecule has 50 valence electrons. The predicted molar refractivity (Wildman–Crippen MR) is 36.6 cm³/mol. The van der Waals surface area contributed by atoms with Gasteiger partial charge in [-0.2, -0.15) is 0 Å². The summed E-state index contributed by atoms with van der Waals surface area (Å²) >= 11 is 0. The van der Waals surface area contributed by atoms with E-state index < -0.39 is 0 Å². The zero-order chi connectivity index (χ0) is 6.10. The molecular weight excluding hydrogens is 112 g/mol. The van der Waals surface area contributed by atoms with Gasteiger partial charge in [-0.3, -0.25) is 0 Å². The van der Waals surface area contributed by atoms with E-state index >= 15 is 0 Å². The average molecular weight is 124 g/mol. The second kappa shape index (κ2) is 2.03. The summed E-state index contributed by atoms with van der Waals surface area (Å²) in [6, 6.07) is 0.809. The Labute approximate surface area is 55.5 Å². The normalized spacial score (nSPS) is 26.9. The van der Waals surface area contributed by atoms with Crippen molar-refractivity contribution in [2.24, 2.45) is 0 Å². The topological polar surface area (TPSA) is 15.3 Å². The van der Waals surface area contributed by atoms with Crippen molar-refractivity contribution in [1.29, 1.82) is 0 Å². The Kier molecular flexibility index (Phi) is 1.19. The molecule has 0 aromatic rings. The van der Waals surface area contributed by atoms with E-state index in [0.29, 0.717) is 0 Å². The summed E-state index contributed by atoms with van der Waals surface area (Å²) in [5.41, 5.74) is 3.28. The highest BCUT2D eigenvalue weighted by Crippen LogP contribution is 2.24. The molecule has 9 heavy (non-hydrogen) atoms. The van der Waals surface area contributed by atoms with Crippen LogP contribution in [-0.4, -0.2) is 17.6 Å². The lowest BCUT2D eigenvalue weighted by Crippen LogP contribution is -2.42. The minimum absolute atomic E-state index is 0.809. The SMILES string of the molecule is C1=CN(C2CCC2)NC1. The molecule has 0 radical (unpaired) electrons. The van der Waals surface area contributed by atoms with Crippen LogP contribution in [0.25, 0.3) is 0 Å². The van der Waals surface area contributed by atoms with Gasteiger partial charge in [0.2, 0.25) is 0 Å². The second-order valence-corrected chi connectivity index (χ2v) is 2.74. The Hall–Kier alpha value is -0.500. The third-order valence-electron chi connectivity index (χ3n) is 2.13. The van der Waals surface area contributed by atoms with Crippen LogP contribution >= 0.6 is 0 Å². The molecule has 0 unspecified atom stereocenters. The molecule has 1 aliphatic heterocycles. The molecule has 0 atom stereocenters. The Morgan fingerprint density at radius 1 is 1.44 bits per heavy atom. The maximum Gasteiger partial charge on any atom is 0.0448 e. The zero-order valence-corrected chi connectivity index (χ0v) is 5.51. The molecule has 2 heteroatoms. The average Bonchev–Trinajstić information content (AvgIpc) is 2.11. The van der Waals surface area contributed by atoms with Crippen molar-refractivity contribution in [3.8, 4) is 0 Å². The van der Waals surface area contributed by atoms with Gasteiger partial charge in [-0.05, 0) is 19.3 Å². The quantitative estimate of drug-likeness (QED) is 0.558. The van der Waals surface area contributed by atoms with E-state index in [1.54, 1.807) is 0 Å². The van der Waals surface area contributed by atoms with Crippen LogP contribution in [0.2, 0.25) is 0 Å². The number of nitrogens with one attached hydrogen (secondary N) is 1. The highest BCUT2D eigenvalue weighted by Gasteiger charge is 2.23. The van der Waals surface area contributed by atoms with Crippen LogP contribution in [0, 0.1) is 0 Å². The maximum absolute atomic E-state index is 3.28. The molecule has 1 aliphatic carbocycles. The fraction of sp³-hybridized carbons (Fsp3) is 0.714. The maximum atomic E-state index is 3.28. The van der Waals surface area contributed by atoms with Gasteiger partial charge in [0.15, 0.2) is 0 Å². The zero-order valence-electron chi connectivity index (χ0n) is 5.51. The summed E-state index contributed by atoms with van der Waals surface area (Å²) < 4.78 is 0. The second-order valence-electron chi connectivity index (χ2n) is 2.74. The lowest BCUT2D eigenvalue weighted by molar-refractivity contribution is 0.145. The summed E-state index contributed by atoms with van der Waals surface area (Å²) in [7, 11) is 0. The van der Waals surface area contributed by atoms with Gasteiger partial charge in [-0.1, -0.05) is 6.08 Å². The van der Waals surface area contributed by atoms with Crippen molar-refractivity contribution in [2.45, 2.75) is 25.3 Å². The number of nitrogens with zero attached hydrogens (tertiary/aromatic N) is 1. The standard InChI is InChI=1S/C7H12N2/c1-3-7(4-1)9-6-2-5-8-9/h2,6-8H,1,3-5H2. The molecule has 0 amide bonds. The van der Waals surface area contributed by atoms with Gasteiger partial charge in [-0.25, -0.2) is 5.43 Å². The van der Waals surface area contributed by atoms with Crippen LogP contribution in [0.15, 0.2) is 12.3 Å². The largest absolute Gasteiger partial charge is 0.313 e. The van der Waals surface area contributed by atoms with E-state index in [-0.39, 0.29) is 0 Å². The van der Waals surface area contributed by atoms with E-state index in [0.717, 1.165) is 12.6 Å². The molecule has 2 nitrogen and oxygen atoms in total. The molecule has 0 aromatic heterocycles. The molecule has 0 bridgehead atoms. The van der Waals surface area contributed by atoms with Gasteiger partial charge in [0.1, 0.15) is 0 Å². The van der Waals surface area contributed by atoms with E-state index in [2.05, 4.69) is 22.7 Å². The molecule has 0 aromatic carbocycles. The first-order chi connectivity index (χ1) is 4.47. The highest BCUT2D eigenvalue weighted by atomic mass is 15.5. The Morgan fingerprint density at radius 2 is 2.33 bits per heavy atom. The number of rotatable bonds is 1. The van der Waals surface area contributed by atoms with E-state index in [1.165, 1.54) is 19.3 Å². The van der Waals surface area contributed by atoms with Gasteiger partial charge in [-0.15, -0.1) is 0 Å². The smallest absolute Gasteiger partial charge is 0.0448 e. The molecule has 1 saturated carbocycles. The Bertz CT molecular complexity index is 127. The third kappa shape index (κ3) is 0.833. The summed E-state index contributed by atoms with van der Waals surface area (Å²) in [5, 5.41) is 2.24. The molecular formula is C7H12N2. The number of hydrogen-bond acceptors (Lipinski definition) is 2. The summed E-state index contributed by atoms with van der Waals surface area (Å²) in [6.07, 6.45) is 8.48. The molecule has 0 spiro atoms. The predicted octanol–water partition coefficient (Wildman–Crippen LogP) is 0.873. The van der Waals surface area contributed by atoms with Gasteiger partial charge in [0, 0.05) is 18.8 Å².